The third-order valence-corrected chi connectivity index (χ3v) is 6.89. The molecule has 0 unspecified atom stereocenters. The Balaban J connectivity index is 1.29. The van der Waals surface area contributed by atoms with Gasteiger partial charge in [-0.3, -0.25) is 14.2 Å². The average molecular weight is 496 g/mol. The van der Waals surface area contributed by atoms with Gasteiger partial charge in [-0.2, -0.15) is 0 Å². The van der Waals surface area contributed by atoms with Crippen LogP contribution >= 0.6 is 11.8 Å². The van der Waals surface area contributed by atoms with Crippen molar-refractivity contribution < 1.29 is 18.7 Å². The van der Waals surface area contributed by atoms with E-state index < -0.39 is 0 Å². The topological polar surface area (TPSA) is 98.1 Å². The van der Waals surface area contributed by atoms with Gasteiger partial charge in [0.25, 0.3) is 5.91 Å². The summed E-state index contributed by atoms with van der Waals surface area (Å²) in [4.78, 5) is 25.3. The van der Waals surface area contributed by atoms with Crippen molar-refractivity contribution in [3.63, 3.8) is 0 Å². The van der Waals surface area contributed by atoms with Crippen molar-refractivity contribution in [3.8, 4) is 11.4 Å². The van der Waals surface area contributed by atoms with Crippen LogP contribution in [0.15, 0.2) is 53.7 Å². The average Bonchev–Trinajstić information content (AvgIpc) is 3.35. The van der Waals surface area contributed by atoms with E-state index in [4.69, 9.17) is 4.74 Å². The Labute approximate surface area is 206 Å². The number of hydrogen-bond acceptors (Lipinski definition) is 6. The number of carbonyl (C=O) groups is 2. The molecule has 182 valence electrons. The lowest BCUT2D eigenvalue weighted by Gasteiger charge is -2.15. The third-order valence-electron chi connectivity index (χ3n) is 5.92. The van der Waals surface area contributed by atoms with E-state index in [-0.39, 0.29) is 35.5 Å². The summed E-state index contributed by atoms with van der Waals surface area (Å²) in [5.74, 6) is -0.0687. The summed E-state index contributed by atoms with van der Waals surface area (Å²) < 4.78 is 21.2. The van der Waals surface area contributed by atoms with Crippen LogP contribution in [-0.2, 0) is 16.1 Å². The fraction of sp³-hybridized carbons (Fsp3) is 0.360. The highest BCUT2D eigenvalue weighted by Gasteiger charge is 2.25. The number of hydrogen-bond donors (Lipinski definition) is 2. The van der Waals surface area contributed by atoms with Gasteiger partial charge < -0.3 is 15.4 Å². The van der Waals surface area contributed by atoms with Crippen molar-refractivity contribution in [2.75, 3.05) is 17.7 Å². The van der Waals surface area contributed by atoms with E-state index in [1.807, 2.05) is 4.57 Å². The quantitative estimate of drug-likeness (QED) is 0.437. The Kier molecular flexibility index (Phi) is 7.10. The first-order valence-electron chi connectivity index (χ1n) is 11.7. The van der Waals surface area contributed by atoms with Crippen LogP contribution in [0.2, 0.25) is 0 Å². The second-order valence-electron chi connectivity index (χ2n) is 8.69. The van der Waals surface area contributed by atoms with Crippen LogP contribution in [0.25, 0.3) is 11.4 Å². The summed E-state index contributed by atoms with van der Waals surface area (Å²) in [6.45, 7) is 1.27. The maximum atomic E-state index is 13.4. The molecular weight excluding hydrogens is 469 g/mol. The van der Waals surface area contributed by atoms with E-state index in [0.717, 1.165) is 37.9 Å². The molecule has 1 saturated heterocycles. The summed E-state index contributed by atoms with van der Waals surface area (Å²) in [6, 6.07) is 13.3. The summed E-state index contributed by atoms with van der Waals surface area (Å²) in [5, 5.41) is 15.0. The Morgan fingerprint density at radius 1 is 1.09 bits per heavy atom. The van der Waals surface area contributed by atoms with Gasteiger partial charge in [-0.05, 0) is 62.1 Å². The number of nitrogens with one attached hydrogen (secondary N) is 2. The van der Waals surface area contributed by atoms with Crippen molar-refractivity contribution in [3.05, 3.63) is 59.9 Å². The zero-order valence-electron chi connectivity index (χ0n) is 19.1. The highest BCUT2D eigenvalue weighted by atomic mass is 32.2. The van der Waals surface area contributed by atoms with Crippen molar-refractivity contribution >= 4 is 29.3 Å². The molecule has 2 aromatic carbocycles. The number of para-hydroxylation sites is 1. The molecule has 2 N–H and O–H groups in total. The monoisotopic (exact) mass is 495 g/mol. The number of aromatic nitrogens is 3. The van der Waals surface area contributed by atoms with Crippen LogP contribution in [0.4, 0.5) is 10.1 Å². The summed E-state index contributed by atoms with van der Waals surface area (Å²) in [6.07, 6.45) is 3.95. The lowest BCUT2D eigenvalue weighted by molar-refractivity contribution is -0.113. The molecule has 1 aliphatic heterocycles. The standard InChI is InChI=1S/C25H26FN5O3S/c26-17-9-7-16(8-10-17)23-29-30-25(31(23)14-19-4-3-13-34-19)35-15-22(32)28-21-6-2-1-5-20(21)24(33)27-18-11-12-18/h1-2,5-10,18-19H,3-4,11-15H2,(H,27,33)(H,28,32)/t19-/m0/s1. The molecule has 1 atom stereocenters. The molecule has 35 heavy (non-hydrogen) atoms. The number of anilines is 1. The molecule has 2 aliphatic rings. The van der Waals surface area contributed by atoms with Gasteiger partial charge in [0, 0.05) is 18.2 Å². The van der Waals surface area contributed by atoms with E-state index in [1.54, 1.807) is 36.4 Å². The molecule has 0 spiro atoms. The molecule has 1 saturated carbocycles. The molecule has 10 heteroatoms. The van der Waals surface area contributed by atoms with Gasteiger partial charge in [-0.1, -0.05) is 23.9 Å². The Morgan fingerprint density at radius 3 is 2.63 bits per heavy atom. The van der Waals surface area contributed by atoms with E-state index in [0.29, 0.717) is 28.8 Å². The SMILES string of the molecule is O=C(CSc1nnc(-c2ccc(F)cc2)n1C[C@@H]1CCCO1)Nc1ccccc1C(=O)NC1CC1. The Bertz CT molecular complexity index is 1210. The van der Waals surface area contributed by atoms with Crippen molar-refractivity contribution in [1.82, 2.24) is 20.1 Å². The maximum Gasteiger partial charge on any atom is 0.253 e. The second kappa shape index (κ2) is 10.6. The zero-order chi connectivity index (χ0) is 24.2. The van der Waals surface area contributed by atoms with Gasteiger partial charge in [0.2, 0.25) is 5.91 Å². The van der Waals surface area contributed by atoms with Gasteiger partial charge in [0.15, 0.2) is 11.0 Å². The Morgan fingerprint density at radius 2 is 1.89 bits per heavy atom. The minimum Gasteiger partial charge on any atom is -0.376 e. The van der Waals surface area contributed by atoms with Crippen LogP contribution in [0.1, 0.15) is 36.0 Å². The smallest absolute Gasteiger partial charge is 0.253 e. The first kappa shape index (κ1) is 23.5. The number of nitrogens with zero attached hydrogens (tertiary/aromatic N) is 3. The lowest BCUT2D eigenvalue weighted by atomic mass is 10.1. The molecular formula is C25H26FN5O3S. The third kappa shape index (κ3) is 5.88. The van der Waals surface area contributed by atoms with Crippen molar-refractivity contribution in [2.24, 2.45) is 0 Å². The molecule has 1 aliphatic carbocycles. The minimum absolute atomic E-state index is 0.0373. The fourth-order valence-electron chi connectivity index (χ4n) is 3.96. The summed E-state index contributed by atoms with van der Waals surface area (Å²) in [5.41, 5.74) is 1.66. The van der Waals surface area contributed by atoms with Crippen molar-refractivity contribution in [2.45, 2.75) is 49.5 Å². The molecule has 1 aromatic heterocycles. The zero-order valence-corrected chi connectivity index (χ0v) is 19.9. The fourth-order valence-corrected chi connectivity index (χ4v) is 4.71. The van der Waals surface area contributed by atoms with E-state index in [2.05, 4.69) is 20.8 Å². The predicted octanol–water partition coefficient (Wildman–Crippen LogP) is 3.89. The second-order valence-corrected chi connectivity index (χ2v) is 9.63. The van der Waals surface area contributed by atoms with Gasteiger partial charge in [0.05, 0.1) is 29.7 Å². The predicted molar refractivity (Wildman–Crippen MR) is 131 cm³/mol. The molecule has 0 radical (unpaired) electrons. The largest absolute Gasteiger partial charge is 0.376 e. The number of amides is 2. The minimum atomic E-state index is -0.323. The van der Waals surface area contributed by atoms with Crippen LogP contribution in [0.3, 0.4) is 0 Å². The summed E-state index contributed by atoms with van der Waals surface area (Å²) >= 11 is 1.26. The van der Waals surface area contributed by atoms with Gasteiger partial charge in [-0.15, -0.1) is 10.2 Å². The number of rotatable bonds is 9. The molecule has 2 heterocycles. The number of halogens is 1. The molecule has 5 rings (SSSR count). The van der Waals surface area contributed by atoms with Crippen LogP contribution in [0, 0.1) is 5.82 Å². The van der Waals surface area contributed by atoms with Crippen LogP contribution in [0.5, 0.6) is 0 Å². The number of thioether (sulfide) groups is 1. The maximum absolute atomic E-state index is 13.4. The summed E-state index contributed by atoms with van der Waals surface area (Å²) in [7, 11) is 0. The van der Waals surface area contributed by atoms with Crippen LogP contribution in [-0.4, -0.2) is 51.1 Å². The van der Waals surface area contributed by atoms with E-state index >= 15 is 0 Å². The van der Waals surface area contributed by atoms with Gasteiger partial charge in [0.1, 0.15) is 5.82 Å². The normalized spacial score (nSPS) is 17.3. The number of benzene rings is 2. The lowest BCUT2D eigenvalue weighted by Crippen LogP contribution is -2.27. The molecule has 0 bridgehead atoms. The van der Waals surface area contributed by atoms with Crippen LogP contribution < -0.4 is 10.6 Å². The first-order valence-corrected chi connectivity index (χ1v) is 12.7. The molecule has 8 nitrogen and oxygen atoms in total. The molecule has 2 fully saturated rings. The highest BCUT2D eigenvalue weighted by molar-refractivity contribution is 7.99. The molecule has 3 aromatic rings. The van der Waals surface area contributed by atoms with E-state index in [9.17, 15) is 14.0 Å². The number of carbonyl (C=O) groups excluding carboxylic acids is 2. The van der Waals surface area contributed by atoms with Gasteiger partial charge >= 0.3 is 0 Å². The number of ether oxygens (including phenoxy) is 1. The van der Waals surface area contributed by atoms with Gasteiger partial charge in [-0.25, -0.2) is 4.39 Å². The Hall–Kier alpha value is -3.24. The van der Waals surface area contributed by atoms with E-state index in [1.165, 1.54) is 23.9 Å². The highest BCUT2D eigenvalue weighted by Crippen LogP contribution is 2.27. The van der Waals surface area contributed by atoms with Crippen molar-refractivity contribution in [1.29, 1.82) is 0 Å². The molecule has 2 amide bonds. The first-order chi connectivity index (χ1) is 17.1.